The molecule has 0 aliphatic heterocycles. The number of nitrogens with one attached hydrogen (secondary N) is 1. The van der Waals surface area contributed by atoms with E-state index in [2.05, 4.69) is 55.6 Å². The lowest BCUT2D eigenvalue weighted by atomic mass is 10.1. The zero-order valence-corrected chi connectivity index (χ0v) is 11.6. The zero-order chi connectivity index (χ0) is 13.1. The van der Waals surface area contributed by atoms with Gasteiger partial charge in [-0.05, 0) is 38.9 Å². The smallest absolute Gasteiger partial charge is 0.0662 e. The number of aromatic nitrogens is 2. The van der Waals surface area contributed by atoms with Crippen LogP contribution in [0, 0.1) is 20.8 Å². The second kappa shape index (κ2) is 5.36. The fourth-order valence-corrected chi connectivity index (χ4v) is 2.15. The highest BCUT2D eigenvalue weighted by atomic mass is 15.3. The van der Waals surface area contributed by atoms with Crippen LogP contribution in [0.1, 0.15) is 27.9 Å². The number of benzene rings is 1. The Balaban J connectivity index is 2.23. The SMILES string of the molecule is CNCc1cn(Cc2cc(C)ccc2C)nc1C. The lowest BCUT2D eigenvalue weighted by Crippen LogP contribution is -2.05. The van der Waals surface area contributed by atoms with Gasteiger partial charge in [0, 0.05) is 18.3 Å². The third kappa shape index (κ3) is 2.79. The number of nitrogens with zero attached hydrogens (tertiary/aromatic N) is 2. The molecule has 0 amide bonds. The van der Waals surface area contributed by atoms with Gasteiger partial charge in [0.2, 0.25) is 0 Å². The molecular weight excluding hydrogens is 222 g/mol. The Morgan fingerprint density at radius 3 is 2.67 bits per heavy atom. The van der Waals surface area contributed by atoms with Gasteiger partial charge in [-0.2, -0.15) is 5.10 Å². The largest absolute Gasteiger partial charge is 0.316 e. The van der Waals surface area contributed by atoms with Gasteiger partial charge in [0.15, 0.2) is 0 Å². The summed E-state index contributed by atoms with van der Waals surface area (Å²) in [6.07, 6.45) is 2.13. The van der Waals surface area contributed by atoms with Crippen LogP contribution in [0.25, 0.3) is 0 Å². The van der Waals surface area contributed by atoms with Crippen LogP contribution in [0.5, 0.6) is 0 Å². The molecule has 2 rings (SSSR count). The summed E-state index contributed by atoms with van der Waals surface area (Å²) in [6.45, 7) is 8.06. The Bertz CT molecular complexity index is 541. The van der Waals surface area contributed by atoms with Crippen molar-refractivity contribution < 1.29 is 0 Å². The van der Waals surface area contributed by atoms with Gasteiger partial charge >= 0.3 is 0 Å². The second-order valence-electron chi connectivity index (χ2n) is 4.90. The van der Waals surface area contributed by atoms with Gasteiger partial charge in [-0.25, -0.2) is 0 Å². The van der Waals surface area contributed by atoms with Crippen molar-refractivity contribution in [2.75, 3.05) is 7.05 Å². The summed E-state index contributed by atoms with van der Waals surface area (Å²) in [5, 5.41) is 7.74. The van der Waals surface area contributed by atoms with Gasteiger partial charge in [0.25, 0.3) is 0 Å². The molecule has 18 heavy (non-hydrogen) atoms. The van der Waals surface area contributed by atoms with E-state index in [1.165, 1.54) is 22.3 Å². The molecule has 0 atom stereocenters. The Hall–Kier alpha value is -1.61. The Morgan fingerprint density at radius 1 is 1.17 bits per heavy atom. The van der Waals surface area contributed by atoms with E-state index < -0.39 is 0 Å². The fourth-order valence-electron chi connectivity index (χ4n) is 2.15. The summed E-state index contributed by atoms with van der Waals surface area (Å²) in [5.41, 5.74) is 6.34. The van der Waals surface area contributed by atoms with Crippen molar-refractivity contribution in [3.05, 3.63) is 52.3 Å². The number of hydrogen-bond donors (Lipinski definition) is 1. The first-order valence-corrected chi connectivity index (χ1v) is 6.34. The van der Waals surface area contributed by atoms with Crippen LogP contribution in [0.4, 0.5) is 0 Å². The quantitative estimate of drug-likeness (QED) is 0.894. The minimum Gasteiger partial charge on any atom is -0.316 e. The highest BCUT2D eigenvalue weighted by Crippen LogP contribution is 2.13. The fraction of sp³-hybridized carbons (Fsp3) is 0.400. The molecule has 96 valence electrons. The summed E-state index contributed by atoms with van der Waals surface area (Å²) in [4.78, 5) is 0. The topological polar surface area (TPSA) is 29.9 Å². The summed E-state index contributed by atoms with van der Waals surface area (Å²) < 4.78 is 2.03. The van der Waals surface area contributed by atoms with Crippen molar-refractivity contribution in [2.24, 2.45) is 0 Å². The average Bonchev–Trinajstić information content (AvgIpc) is 2.65. The van der Waals surface area contributed by atoms with Crippen molar-refractivity contribution in [1.29, 1.82) is 0 Å². The zero-order valence-electron chi connectivity index (χ0n) is 11.6. The van der Waals surface area contributed by atoms with Gasteiger partial charge in [0.05, 0.1) is 12.2 Å². The standard InChI is InChI=1S/C15H21N3/c1-11-5-6-12(2)14(7-11)9-18-10-15(8-16-4)13(3)17-18/h5-7,10,16H,8-9H2,1-4H3. The van der Waals surface area contributed by atoms with Crippen molar-refractivity contribution >= 4 is 0 Å². The van der Waals surface area contributed by atoms with E-state index in [4.69, 9.17) is 0 Å². The third-order valence-corrected chi connectivity index (χ3v) is 3.25. The van der Waals surface area contributed by atoms with E-state index >= 15 is 0 Å². The van der Waals surface area contributed by atoms with Crippen molar-refractivity contribution in [3.8, 4) is 0 Å². The Morgan fingerprint density at radius 2 is 1.94 bits per heavy atom. The summed E-state index contributed by atoms with van der Waals surface area (Å²) in [6, 6.07) is 6.57. The molecule has 1 N–H and O–H groups in total. The van der Waals surface area contributed by atoms with E-state index in [1.54, 1.807) is 0 Å². The molecule has 1 aromatic carbocycles. The van der Waals surface area contributed by atoms with Gasteiger partial charge in [-0.15, -0.1) is 0 Å². The van der Waals surface area contributed by atoms with Gasteiger partial charge in [0.1, 0.15) is 0 Å². The Kier molecular flexibility index (Phi) is 3.82. The predicted molar refractivity (Wildman–Crippen MR) is 74.7 cm³/mol. The molecule has 0 unspecified atom stereocenters. The average molecular weight is 243 g/mol. The van der Waals surface area contributed by atoms with Gasteiger partial charge in [-0.3, -0.25) is 4.68 Å². The van der Waals surface area contributed by atoms with Crippen molar-refractivity contribution in [2.45, 2.75) is 33.9 Å². The number of aryl methyl sites for hydroxylation is 3. The molecule has 0 saturated heterocycles. The van der Waals surface area contributed by atoms with Crippen LogP contribution in [0.15, 0.2) is 24.4 Å². The second-order valence-corrected chi connectivity index (χ2v) is 4.90. The monoisotopic (exact) mass is 243 g/mol. The van der Waals surface area contributed by atoms with E-state index in [1.807, 2.05) is 11.7 Å². The van der Waals surface area contributed by atoms with Gasteiger partial charge in [-0.1, -0.05) is 23.8 Å². The molecular formula is C15H21N3. The lowest BCUT2D eigenvalue weighted by molar-refractivity contribution is 0.676. The lowest BCUT2D eigenvalue weighted by Gasteiger charge is -2.07. The summed E-state index contributed by atoms with van der Waals surface area (Å²) in [7, 11) is 1.96. The van der Waals surface area contributed by atoms with Crippen LogP contribution in [0.3, 0.4) is 0 Å². The third-order valence-electron chi connectivity index (χ3n) is 3.25. The maximum atomic E-state index is 4.57. The highest BCUT2D eigenvalue weighted by Gasteiger charge is 2.06. The van der Waals surface area contributed by atoms with E-state index in [0.29, 0.717) is 0 Å². The first-order chi connectivity index (χ1) is 8.60. The molecule has 3 heteroatoms. The molecule has 0 aliphatic carbocycles. The molecule has 1 aromatic heterocycles. The number of rotatable bonds is 4. The summed E-state index contributed by atoms with van der Waals surface area (Å²) in [5.74, 6) is 0. The van der Waals surface area contributed by atoms with Crippen molar-refractivity contribution in [1.82, 2.24) is 15.1 Å². The van der Waals surface area contributed by atoms with E-state index in [9.17, 15) is 0 Å². The maximum Gasteiger partial charge on any atom is 0.0662 e. The summed E-state index contributed by atoms with van der Waals surface area (Å²) >= 11 is 0. The van der Waals surface area contributed by atoms with Crippen LogP contribution >= 0.6 is 0 Å². The molecule has 1 heterocycles. The molecule has 0 fully saturated rings. The maximum absolute atomic E-state index is 4.57. The van der Waals surface area contributed by atoms with Crippen LogP contribution in [-0.2, 0) is 13.1 Å². The van der Waals surface area contributed by atoms with Crippen LogP contribution in [-0.4, -0.2) is 16.8 Å². The van der Waals surface area contributed by atoms with E-state index in [0.717, 1.165) is 18.8 Å². The first kappa shape index (κ1) is 12.8. The predicted octanol–water partition coefficient (Wildman–Crippen LogP) is 2.58. The van der Waals surface area contributed by atoms with Crippen LogP contribution in [0.2, 0.25) is 0 Å². The first-order valence-electron chi connectivity index (χ1n) is 6.34. The highest BCUT2D eigenvalue weighted by molar-refractivity contribution is 5.30. The molecule has 3 nitrogen and oxygen atoms in total. The molecule has 0 bridgehead atoms. The van der Waals surface area contributed by atoms with E-state index in [-0.39, 0.29) is 0 Å². The van der Waals surface area contributed by atoms with Gasteiger partial charge < -0.3 is 5.32 Å². The molecule has 2 aromatic rings. The minimum atomic E-state index is 0.845. The molecule has 0 saturated carbocycles. The minimum absolute atomic E-state index is 0.845. The Labute approximate surface area is 109 Å². The molecule has 0 spiro atoms. The molecule has 0 radical (unpaired) electrons. The molecule has 0 aliphatic rings. The van der Waals surface area contributed by atoms with Crippen molar-refractivity contribution in [3.63, 3.8) is 0 Å². The normalized spacial score (nSPS) is 10.9. The van der Waals surface area contributed by atoms with Crippen LogP contribution < -0.4 is 5.32 Å². The number of hydrogen-bond acceptors (Lipinski definition) is 2.